The van der Waals surface area contributed by atoms with Gasteiger partial charge in [-0.15, -0.1) is 5.17 Å². The summed E-state index contributed by atoms with van der Waals surface area (Å²) < 4.78 is 0. The Hall–Kier alpha value is -2.33. The Balaban J connectivity index is 2.89. The van der Waals surface area contributed by atoms with E-state index in [9.17, 15) is 10.0 Å². The van der Waals surface area contributed by atoms with Gasteiger partial charge in [-0.05, 0) is 56.0 Å². The molecule has 1 radical (unpaired) electrons. The van der Waals surface area contributed by atoms with Gasteiger partial charge in [-0.25, -0.2) is 0 Å². The highest BCUT2D eigenvalue weighted by Crippen LogP contribution is 2.42. The van der Waals surface area contributed by atoms with E-state index >= 15 is 0 Å². The number of carbonyl (C=O) groups excluding carboxylic acids is 1. The number of hydrazine groups is 1. The second kappa shape index (κ2) is 9.03. The normalized spacial score (nSPS) is 13.1. The van der Waals surface area contributed by atoms with Crippen LogP contribution in [-0.2, 0) is 31.7 Å². The molecule has 0 spiro atoms. The third kappa shape index (κ3) is 6.02. The van der Waals surface area contributed by atoms with Crippen molar-refractivity contribution < 1.29 is 10.0 Å². The van der Waals surface area contributed by atoms with Crippen LogP contribution in [0.4, 0.5) is 11.4 Å². The van der Waals surface area contributed by atoms with Crippen LogP contribution in [0.3, 0.4) is 0 Å². The van der Waals surface area contributed by atoms with E-state index in [2.05, 4.69) is 89.2 Å². The highest BCUT2D eigenvalue weighted by molar-refractivity contribution is 5.96. The minimum absolute atomic E-state index is 0.141. The van der Waals surface area contributed by atoms with Gasteiger partial charge in [0.2, 0.25) is 5.91 Å². The minimum atomic E-state index is -0.310. The molecule has 0 heterocycles. The van der Waals surface area contributed by atoms with Crippen LogP contribution in [0.2, 0.25) is 0 Å². The molecular weight excluding hydrogens is 420 g/mol. The fraction of sp³-hybridized carbons (Fsp3) is 0.567. The molecule has 0 aromatic heterocycles. The third-order valence-corrected chi connectivity index (χ3v) is 6.21. The van der Waals surface area contributed by atoms with Crippen molar-refractivity contribution in [2.24, 2.45) is 0 Å². The van der Waals surface area contributed by atoms with Crippen molar-refractivity contribution in [3.05, 3.63) is 58.7 Å². The van der Waals surface area contributed by atoms with E-state index in [1.807, 2.05) is 30.3 Å². The molecule has 187 valence electrons. The average Bonchev–Trinajstić information content (AvgIpc) is 2.64. The van der Waals surface area contributed by atoms with E-state index in [4.69, 9.17) is 0 Å². The van der Waals surface area contributed by atoms with Crippen molar-refractivity contribution in [2.45, 2.75) is 112 Å². The number of rotatable bonds is 3. The van der Waals surface area contributed by atoms with Gasteiger partial charge in [0.15, 0.2) is 0 Å². The lowest BCUT2D eigenvalue weighted by Crippen LogP contribution is -2.45. The van der Waals surface area contributed by atoms with Crippen molar-refractivity contribution >= 4 is 17.3 Å². The quantitative estimate of drug-likeness (QED) is 0.431. The zero-order chi connectivity index (χ0) is 26.4. The van der Waals surface area contributed by atoms with Crippen molar-refractivity contribution in [3.8, 4) is 0 Å². The Bertz CT molecular complexity index is 977. The van der Waals surface area contributed by atoms with Crippen LogP contribution in [0.1, 0.15) is 112 Å². The number of amides is 1. The number of nitrogens with zero attached hydrogens (tertiary/aromatic N) is 2. The van der Waals surface area contributed by atoms with Gasteiger partial charge in [0, 0.05) is 6.92 Å². The van der Waals surface area contributed by atoms with Gasteiger partial charge in [-0.2, -0.15) is 5.01 Å². The number of hydrogen-bond acceptors (Lipinski definition) is 2. The van der Waals surface area contributed by atoms with Crippen LogP contribution in [0.25, 0.3) is 0 Å². The molecule has 2 aromatic carbocycles. The zero-order valence-corrected chi connectivity index (χ0v) is 23.7. The van der Waals surface area contributed by atoms with Crippen molar-refractivity contribution in [1.82, 2.24) is 0 Å². The van der Waals surface area contributed by atoms with E-state index in [1.54, 1.807) is 0 Å². The predicted octanol–water partition coefficient (Wildman–Crippen LogP) is 8.00. The van der Waals surface area contributed by atoms with Crippen molar-refractivity contribution in [2.75, 3.05) is 10.2 Å². The van der Waals surface area contributed by atoms with E-state index in [-0.39, 0.29) is 27.6 Å². The molecule has 0 aliphatic carbocycles. The summed E-state index contributed by atoms with van der Waals surface area (Å²) in [6, 6.07) is 12.1. The Morgan fingerprint density at radius 3 is 1.32 bits per heavy atom. The lowest BCUT2D eigenvalue weighted by molar-refractivity contribution is -0.118. The summed E-state index contributed by atoms with van der Waals surface area (Å²) in [5, 5.41) is 16.3. The van der Waals surface area contributed by atoms with Gasteiger partial charge < -0.3 is 0 Å². The van der Waals surface area contributed by atoms with Gasteiger partial charge in [-0.1, -0.05) is 113 Å². The molecule has 0 unspecified atom stereocenters. The molecule has 4 nitrogen and oxygen atoms in total. The summed E-state index contributed by atoms with van der Waals surface area (Å²) >= 11 is 0. The third-order valence-electron chi connectivity index (χ3n) is 6.21. The van der Waals surface area contributed by atoms with Gasteiger partial charge in [0.25, 0.3) is 0 Å². The van der Waals surface area contributed by atoms with Crippen LogP contribution in [0.5, 0.6) is 0 Å². The molecule has 0 saturated heterocycles. The van der Waals surface area contributed by atoms with Crippen LogP contribution in [0.15, 0.2) is 36.4 Å². The first-order chi connectivity index (χ1) is 15.2. The number of para-hydroxylation sites is 1. The second-order valence-electron chi connectivity index (χ2n) is 13.6. The van der Waals surface area contributed by atoms with Crippen LogP contribution < -0.4 is 10.2 Å². The van der Waals surface area contributed by atoms with Crippen LogP contribution >= 0.6 is 0 Å². The number of hydrogen-bond donors (Lipinski definition) is 0. The molecule has 0 atom stereocenters. The van der Waals surface area contributed by atoms with E-state index in [0.29, 0.717) is 11.4 Å². The van der Waals surface area contributed by atoms with Crippen LogP contribution in [-0.4, -0.2) is 5.91 Å². The summed E-state index contributed by atoms with van der Waals surface area (Å²) in [6.45, 7) is 27.0. The summed E-state index contributed by atoms with van der Waals surface area (Å²) in [5.41, 5.74) is 4.44. The molecule has 0 N–H and O–H groups in total. The molecule has 4 heteroatoms. The van der Waals surface area contributed by atoms with Gasteiger partial charge in [-0.3, -0.25) is 4.79 Å². The maximum Gasteiger partial charge on any atom is 0.244 e. The maximum atomic E-state index is 14.1. The van der Waals surface area contributed by atoms with Gasteiger partial charge >= 0.3 is 0 Å². The molecule has 0 fully saturated rings. The highest BCUT2D eigenvalue weighted by atomic mass is 16.6. The average molecular weight is 466 g/mol. The number of benzene rings is 2. The molecular formula is C30H45N2O2. The Labute approximate surface area is 207 Å². The van der Waals surface area contributed by atoms with E-state index in [0.717, 1.165) is 27.4 Å². The first-order valence-electron chi connectivity index (χ1n) is 12.2. The molecule has 0 saturated carbocycles. The lowest BCUT2D eigenvalue weighted by atomic mass is 9.78. The van der Waals surface area contributed by atoms with Crippen LogP contribution in [0, 0.1) is 0 Å². The lowest BCUT2D eigenvalue weighted by Gasteiger charge is -2.38. The molecule has 0 aliphatic heterocycles. The predicted molar refractivity (Wildman–Crippen MR) is 144 cm³/mol. The summed E-state index contributed by atoms with van der Waals surface area (Å²) in [7, 11) is 0. The maximum absolute atomic E-state index is 14.1. The molecule has 1 amide bonds. The zero-order valence-electron chi connectivity index (χ0n) is 23.7. The molecule has 0 aliphatic rings. The Morgan fingerprint density at radius 2 is 1.03 bits per heavy atom. The molecule has 2 aromatic rings. The van der Waals surface area contributed by atoms with Gasteiger partial charge in [0.05, 0.1) is 11.4 Å². The molecule has 2 rings (SSSR count). The topological polar surface area (TPSA) is 43.5 Å². The summed E-state index contributed by atoms with van der Waals surface area (Å²) in [6.07, 6.45) is 0. The van der Waals surface area contributed by atoms with E-state index in [1.165, 1.54) is 11.9 Å². The number of carbonyl (C=O) groups is 1. The molecule has 34 heavy (non-hydrogen) atoms. The number of anilines is 2. The SMILES string of the molecule is CC(=O)N(c1c(C(C)(C)C)cccc1C(C)(C)C)N([O])c1cc(C(C)(C)C)cc(C(C)(C)C)c1. The molecule has 0 bridgehead atoms. The van der Waals surface area contributed by atoms with Crippen molar-refractivity contribution in [1.29, 1.82) is 0 Å². The first kappa shape index (κ1) is 27.9. The fourth-order valence-electron chi connectivity index (χ4n) is 4.06. The second-order valence-corrected chi connectivity index (χ2v) is 13.6. The summed E-state index contributed by atoms with van der Waals surface area (Å²) in [5.74, 6) is -0.310. The van der Waals surface area contributed by atoms with Crippen molar-refractivity contribution in [3.63, 3.8) is 0 Å². The Kier molecular flexibility index (Phi) is 7.42. The van der Waals surface area contributed by atoms with Gasteiger partial charge in [0.1, 0.15) is 0 Å². The summed E-state index contributed by atoms with van der Waals surface area (Å²) in [4.78, 5) is 13.2. The van der Waals surface area contributed by atoms with E-state index < -0.39 is 0 Å². The minimum Gasteiger partial charge on any atom is -0.273 e. The standard InChI is InChI=1S/C30H45N2O2/c1-20(33)31(26-24(29(8,9)10)15-14-16-25(26)30(11,12)13)32(34)23-18-21(27(2,3)4)17-22(19-23)28(5,6)7/h14-19H,1-13H3. The highest BCUT2D eigenvalue weighted by Gasteiger charge is 2.34. The smallest absolute Gasteiger partial charge is 0.244 e. The fourth-order valence-corrected chi connectivity index (χ4v) is 4.06. The largest absolute Gasteiger partial charge is 0.273 e. The Morgan fingerprint density at radius 1 is 0.647 bits per heavy atom. The monoisotopic (exact) mass is 465 g/mol. The first-order valence-corrected chi connectivity index (χ1v) is 12.2.